The van der Waals surface area contributed by atoms with Crippen molar-refractivity contribution < 1.29 is 8.42 Å². The number of nitrogens with zero attached hydrogens (tertiary/aromatic N) is 2. The number of piperidine rings is 2. The van der Waals surface area contributed by atoms with Gasteiger partial charge in [0.15, 0.2) is 0 Å². The van der Waals surface area contributed by atoms with Gasteiger partial charge in [0, 0.05) is 26.2 Å². The summed E-state index contributed by atoms with van der Waals surface area (Å²) in [6.07, 6.45) is 4.12. The summed E-state index contributed by atoms with van der Waals surface area (Å²) in [6.45, 7) is 7.00. The van der Waals surface area contributed by atoms with Crippen molar-refractivity contribution in [1.29, 1.82) is 0 Å². The molecule has 5 heteroatoms. The maximum Gasteiger partial charge on any atom is 0.281 e. The molecule has 2 heterocycles. The smallest absolute Gasteiger partial charge is 0.195 e. The monoisotopic (exact) mass is 350 g/mol. The van der Waals surface area contributed by atoms with Crippen molar-refractivity contribution >= 4 is 10.2 Å². The number of hydrogen-bond acceptors (Lipinski definition) is 2. The molecule has 4 nitrogen and oxygen atoms in total. The minimum atomic E-state index is -3.28. The Kier molecular flexibility index (Phi) is 5.63. The first kappa shape index (κ1) is 17.9. The number of benzene rings is 1. The molecule has 2 fully saturated rings. The Bertz CT molecular complexity index is 614. The van der Waals surface area contributed by atoms with Gasteiger partial charge in [0.05, 0.1) is 0 Å². The summed E-state index contributed by atoms with van der Waals surface area (Å²) in [4.78, 5) is 0. The van der Waals surface area contributed by atoms with Crippen LogP contribution in [0.2, 0.25) is 0 Å². The van der Waals surface area contributed by atoms with Gasteiger partial charge in [-0.1, -0.05) is 44.2 Å². The van der Waals surface area contributed by atoms with Gasteiger partial charge >= 0.3 is 0 Å². The Balaban J connectivity index is 1.57. The summed E-state index contributed by atoms with van der Waals surface area (Å²) in [5, 5.41) is 0. The van der Waals surface area contributed by atoms with Gasteiger partial charge in [0.1, 0.15) is 0 Å². The van der Waals surface area contributed by atoms with Crippen molar-refractivity contribution in [3.8, 4) is 0 Å². The van der Waals surface area contributed by atoms with Crippen molar-refractivity contribution in [3.63, 3.8) is 0 Å². The van der Waals surface area contributed by atoms with E-state index in [0.29, 0.717) is 43.9 Å². The molecule has 0 aromatic heterocycles. The predicted molar refractivity (Wildman–Crippen MR) is 97.9 cm³/mol. The first-order valence-corrected chi connectivity index (χ1v) is 10.6. The van der Waals surface area contributed by atoms with E-state index in [9.17, 15) is 8.42 Å². The van der Waals surface area contributed by atoms with Crippen LogP contribution in [0.3, 0.4) is 0 Å². The van der Waals surface area contributed by atoms with Crippen molar-refractivity contribution in [2.24, 2.45) is 17.8 Å². The third kappa shape index (κ3) is 4.19. The van der Waals surface area contributed by atoms with Crippen LogP contribution in [0.1, 0.15) is 38.7 Å². The molecule has 0 N–H and O–H groups in total. The summed E-state index contributed by atoms with van der Waals surface area (Å²) in [5.74, 6) is 1.51. The van der Waals surface area contributed by atoms with Gasteiger partial charge in [-0.15, -0.1) is 0 Å². The van der Waals surface area contributed by atoms with Crippen LogP contribution < -0.4 is 0 Å². The molecule has 2 aliphatic heterocycles. The largest absolute Gasteiger partial charge is 0.281 e. The first-order valence-electron chi connectivity index (χ1n) is 9.24. The Morgan fingerprint density at radius 1 is 0.958 bits per heavy atom. The standard InChI is InChI=1S/C19H30N2O2S/c1-16-12-17(2)15-21(14-16)24(22,23)20-10-8-19(9-11-20)13-18-6-4-3-5-7-18/h3-7,16-17,19H,8-15H2,1-2H3/t16-,17-/m0/s1. The van der Waals surface area contributed by atoms with E-state index in [1.165, 1.54) is 5.56 Å². The zero-order chi connectivity index (χ0) is 17.2. The first-order chi connectivity index (χ1) is 11.4. The van der Waals surface area contributed by atoms with E-state index in [1.807, 2.05) is 6.07 Å². The molecule has 1 aromatic carbocycles. The number of hydrogen-bond donors (Lipinski definition) is 0. The van der Waals surface area contributed by atoms with Crippen LogP contribution in [-0.2, 0) is 16.6 Å². The maximum absolute atomic E-state index is 12.9. The van der Waals surface area contributed by atoms with Gasteiger partial charge in [0.2, 0.25) is 0 Å². The highest BCUT2D eigenvalue weighted by Gasteiger charge is 2.36. The van der Waals surface area contributed by atoms with E-state index in [2.05, 4.69) is 38.1 Å². The Labute approximate surface area is 147 Å². The quantitative estimate of drug-likeness (QED) is 0.837. The van der Waals surface area contributed by atoms with Crippen molar-refractivity contribution in [2.75, 3.05) is 26.2 Å². The van der Waals surface area contributed by atoms with Crippen LogP contribution in [-0.4, -0.2) is 43.2 Å². The molecule has 0 aliphatic carbocycles. The molecular weight excluding hydrogens is 320 g/mol. The molecule has 0 radical (unpaired) electrons. The second-order valence-electron chi connectivity index (χ2n) is 7.80. The average molecular weight is 351 g/mol. The Morgan fingerprint density at radius 3 is 2.12 bits per heavy atom. The third-order valence-corrected chi connectivity index (χ3v) is 7.40. The molecule has 24 heavy (non-hydrogen) atoms. The van der Waals surface area contributed by atoms with Crippen molar-refractivity contribution in [2.45, 2.75) is 39.5 Å². The summed E-state index contributed by atoms with van der Waals surface area (Å²) in [6, 6.07) is 10.5. The SMILES string of the molecule is C[C@H]1C[C@H](C)CN(S(=O)(=O)N2CCC(Cc3ccccc3)CC2)C1. The van der Waals surface area contributed by atoms with Gasteiger partial charge in [0.25, 0.3) is 10.2 Å². The lowest BCUT2D eigenvalue weighted by atomic mass is 9.91. The fraction of sp³-hybridized carbons (Fsp3) is 0.684. The molecule has 134 valence electrons. The summed E-state index contributed by atoms with van der Waals surface area (Å²) < 4.78 is 29.3. The molecule has 2 atom stereocenters. The third-order valence-electron chi connectivity index (χ3n) is 5.43. The lowest BCUT2D eigenvalue weighted by Gasteiger charge is -2.39. The second kappa shape index (κ2) is 7.54. The van der Waals surface area contributed by atoms with E-state index in [4.69, 9.17) is 0 Å². The van der Waals surface area contributed by atoms with Gasteiger partial charge in [-0.2, -0.15) is 17.0 Å². The zero-order valence-corrected chi connectivity index (χ0v) is 15.7. The molecule has 3 rings (SSSR count). The van der Waals surface area contributed by atoms with Crippen LogP contribution in [0, 0.1) is 17.8 Å². The predicted octanol–water partition coefficient (Wildman–Crippen LogP) is 3.16. The van der Waals surface area contributed by atoms with Crippen LogP contribution in [0.25, 0.3) is 0 Å². The van der Waals surface area contributed by atoms with E-state index in [1.54, 1.807) is 8.61 Å². The summed E-state index contributed by atoms with van der Waals surface area (Å²) in [5.41, 5.74) is 1.36. The Hall–Kier alpha value is -0.910. The molecule has 0 amide bonds. The van der Waals surface area contributed by atoms with Gasteiger partial charge in [-0.05, 0) is 49.0 Å². The van der Waals surface area contributed by atoms with E-state index in [0.717, 1.165) is 25.7 Å². The minimum absolute atomic E-state index is 0.458. The van der Waals surface area contributed by atoms with Crippen LogP contribution in [0.4, 0.5) is 0 Å². The molecule has 1 aromatic rings. The highest BCUT2D eigenvalue weighted by molar-refractivity contribution is 7.86. The van der Waals surface area contributed by atoms with Gasteiger partial charge < -0.3 is 0 Å². The van der Waals surface area contributed by atoms with Crippen molar-refractivity contribution in [1.82, 2.24) is 8.61 Å². The van der Waals surface area contributed by atoms with Gasteiger partial charge in [-0.3, -0.25) is 0 Å². The van der Waals surface area contributed by atoms with Crippen LogP contribution in [0.5, 0.6) is 0 Å². The summed E-state index contributed by atoms with van der Waals surface area (Å²) in [7, 11) is -3.28. The van der Waals surface area contributed by atoms with Crippen LogP contribution >= 0.6 is 0 Å². The molecule has 0 unspecified atom stereocenters. The molecule has 2 saturated heterocycles. The number of rotatable bonds is 4. The normalized spacial score (nSPS) is 28.1. The average Bonchev–Trinajstić information content (AvgIpc) is 2.55. The van der Waals surface area contributed by atoms with Gasteiger partial charge in [-0.25, -0.2) is 0 Å². The van der Waals surface area contributed by atoms with E-state index >= 15 is 0 Å². The fourth-order valence-electron chi connectivity index (χ4n) is 4.25. The topological polar surface area (TPSA) is 40.6 Å². The second-order valence-corrected chi connectivity index (χ2v) is 9.73. The van der Waals surface area contributed by atoms with Crippen LogP contribution in [0.15, 0.2) is 30.3 Å². The molecular formula is C19H30N2O2S. The molecule has 0 bridgehead atoms. The summed E-state index contributed by atoms with van der Waals surface area (Å²) >= 11 is 0. The molecule has 0 saturated carbocycles. The lowest BCUT2D eigenvalue weighted by molar-refractivity contribution is 0.196. The lowest BCUT2D eigenvalue weighted by Crippen LogP contribution is -2.51. The van der Waals surface area contributed by atoms with E-state index in [-0.39, 0.29) is 0 Å². The zero-order valence-electron chi connectivity index (χ0n) is 14.9. The van der Waals surface area contributed by atoms with Crippen molar-refractivity contribution in [3.05, 3.63) is 35.9 Å². The van der Waals surface area contributed by atoms with E-state index < -0.39 is 10.2 Å². The highest BCUT2D eigenvalue weighted by atomic mass is 32.2. The fourth-order valence-corrected chi connectivity index (χ4v) is 6.13. The molecule has 2 aliphatic rings. The Morgan fingerprint density at radius 2 is 1.54 bits per heavy atom. The maximum atomic E-state index is 12.9. The molecule has 0 spiro atoms. The highest BCUT2D eigenvalue weighted by Crippen LogP contribution is 2.28. The minimum Gasteiger partial charge on any atom is -0.195 e.